The number of nitriles is 1. The monoisotopic (exact) mass is 442 g/mol. The van der Waals surface area contributed by atoms with Gasteiger partial charge in [-0.05, 0) is 36.9 Å². The minimum absolute atomic E-state index is 0.0547. The van der Waals surface area contributed by atoms with E-state index in [1.165, 1.54) is 18.3 Å². The van der Waals surface area contributed by atoms with Gasteiger partial charge in [-0.2, -0.15) is 5.26 Å². The molecule has 2 aromatic rings. The molecule has 5 N–H and O–H groups in total. The second kappa shape index (κ2) is 8.92. The Morgan fingerprint density at radius 1 is 1.37 bits per heavy atom. The highest BCUT2D eigenvalue weighted by molar-refractivity contribution is 8.03. The summed E-state index contributed by atoms with van der Waals surface area (Å²) in [7, 11) is 0. The van der Waals surface area contributed by atoms with Crippen LogP contribution in [0.25, 0.3) is 0 Å². The molecule has 0 aliphatic carbocycles. The molecule has 9 heteroatoms. The van der Waals surface area contributed by atoms with Gasteiger partial charge in [-0.1, -0.05) is 36.0 Å². The summed E-state index contributed by atoms with van der Waals surface area (Å²) < 4.78 is 0. The van der Waals surface area contributed by atoms with Gasteiger partial charge in [-0.3, -0.25) is 9.59 Å². The number of hydrogen-bond acceptors (Lipinski definition) is 7. The van der Waals surface area contributed by atoms with Crippen LogP contribution in [0, 0.1) is 24.2 Å². The topological polar surface area (TPSA) is 128 Å². The van der Waals surface area contributed by atoms with Crippen molar-refractivity contribution in [1.29, 1.82) is 5.26 Å². The smallest absolute Gasteiger partial charge is 0.233 e. The molecule has 0 fully saturated rings. The van der Waals surface area contributed by atoms with Gasteiger partial charge in [0.1, 0.15) is 5.72 Å². The van der Waals surface area contributed by atoms with Gasteiger partial charge in [0.25, 0.3) is 0 Å². The van der Waals surface area contributed by atoms with Crippen LogP contribution in [0.15, 0.2) is 52.4 Å². The number of aliphatic hydroxyl groups is 1. The molecule has 2 heterocycles. The van der Waals surface area contributed by atoms with Crippen LogP contribution in [-0.2, 0) is 9.59 Å². The number of anilines is 1. The Balaban J connectivity index is 2.06. The SMILES string of the molecule is Cc1ccccc1NC(=O)[C@H]1[C@H](c2cccs2)C(C#N)=C(SCC(N)=O)N[C@]1(C)O. The van der Waals surface area contributed by atoms with Crippen molar-refractivity contribution in [3.63, 3.8) is 0 Å². The van der Waals surface area contributed by atoms with Crippen molar-refractivity contribution >= 4 is 40.6 Å². The molecule has 1 aromatic carbocycles. The van der Waals surface area contributed by atoms with Crippen molar-refractivity contribution in [2.75, 3.05) is 11.1 Å². The largest absolute Gasteiger partial charge is 0.370 e. The van der Waals surface area contributed by atoms with Gasteiger partial charge in [0, 0.05) is 16.5 Å². The van der Waals surface area contributed by atoms with Crippen LogP contribution in [0.3, 0.4) is 0 Å². The molecule has 1 aliphatic heterocycles. The summed E-state index contributed by atoms with van der Waals surface area (Å²) >= 11 is 2.45. The third-order valence-corrected chi connectivity index (χ3v) is 6.87. The van der Waals surface area contributed by atoms with Crippen molar-refractivity contribution in [2.24, 2.45) is 11.7 Å². The molecule has 156 valence electrons. The van der Waals surface area contributed by atoms with E-state index in [0.717, 1.165) is 22.2 Å². The second-order valence-corrected chi connectivity index (χ2v) is 9.12. The summed E-state index contributed by atoms with van der Waals surface area (Å²) in [6.45, 7) is 3.37. The van der Waals surface area contributed by atoms with Gasteiger partial charge in [0.05, 0.1) is 28.3 Å². The van der Waals surface area contributed by atoms with Gasteiger partial charge >= 0.3 is 0 Å². The molecule has 0 unspecified atom stereocenters. The van der Waals surface area contributed by atoms with E-state index in [9.17, 15) is 20.0 Å². The number of amides is 2. The van der Waals surface area contributed by atoms with E-state index in [1.807, 2.05) is 42.6 Å². The number of carbonyl (C=O) groups excluding carboxylic acids is 2. The molecule has 0 saturated carbocycles. The Kier molecular flexibility index (Phi) is 6.51. The lowest BCUT2D eigenvalue weighted by molar-refractivity contribution is -0.131. The molecule has 30 heavy (non-hydrogen) atoms. The zero-order valence-electron chi connectivity index (χ0n) is 16.5. The minimum atomic E-state index is -1.66. The molecular formula is C21H22N4O3S2. The maximum absolute atomic E-state index is 13.4. The first kappa shape index (κ1) is 21.9. The molecule has 1 aliphatic rings. The number of benzene rings is 1. The number of para-hydroxylation sites is 1. The molecule has 3 atom stereocenters. The first-order valence-electron chi connectivity index (χ1n) is 9.20. The molecule has 0 spiro atoms. The van der Waals surface area contributed by atoms with Crippen LogP contribution in [0.5, 0.6) is 0 Å². The van der Waals surface area contributed by atoms with Crippen LogP contribution in [0.4, 0.5) is 5.69 Å². The van der Waals surface area contributed by atoms with Crippen molar-refractivity contribution in [3.8, 4) is 6.07 Å². The third kappa shape index (κ3) is 4.51. The van der Waals surface area contributed by atoms with Crippen LogP contribution in [0.1, 0.15) is 23.3 Å². The Bertz CT molecular complexity index is 1030. The van der Waals surface area contributed by atoms with Crippen LogP contribution >= 0.6 is 23.1 Å². The van der Waals surface area contributed by atoms with E-state index in [0.29, 0.717) is 16.3 Å². The first-order valence-corrected chi connectivity index (χ1v) is 11.1. The highest BCUT2D eigenvalue weighted by Gasteiger charge is 2.50. The van der Waals surface area contributed by atoms with Crippen molar-refractivity contribution in [2.45, 2.75) is 25.5 Å². The second-order valence-electron chi connectivity index (χ2n) is 7.16. The summed E-state index contributed by atoms with van der Waals surface area (Å²) in [5, 5.41) is 29.1. The number of nitrogens with two attached hydrogens (primary N) is 1. The standard InChI is InChI=1S/C21H22N4O3S2/c1-12-6-3-4-7-14(12)24-19(27)18-17(15-8-5-9-29-15)13(10-22)20(25-21(18,2)28)30-11-16(23)26/h3-9,17-18,25,28H,11H2,1-2H3,(H2,23,26)(H,24,27)/t17-,18+,21+/m0/s1. The van der Waals surface area contributed by atoms with Crippen LogP contribution < -0.4 is 16.4 Å². The molecule has 2 amide bonds. The predicted molar refractivity (Wildman–Crippen MR) is 118 cm³/mol. The lowest BCUT2D eigenvalue weighted by atomic mass is 9.76. The first-order chi connectivity index (χ1) is 14.2. The lowest BCUT2D eigenvalue weighted by Crippen LogP contribution is -2.57. The number of carbonyl (C=O) groups is 2. The van der Waals surface area contributed by atoms with Gasteiger partial charge < -0.3 is 21.5 Å². The fraction of sp³-hybridized carbons (Fsp3) is 0.286. The maximum Gasteiger partial charge on any atom is 0.233 e. The summed E-state index contributed by atoms with van der Waals surface area (Å²) in [5.74, 6) is -2.67. The maximum atomic E-state index is 13.4. The van der Waals surface area contributed by atoms with Crippen LogP contribution in [0.2, 0.25) is 0 Å². The number of thiophene rings is 1. The summed E-state index contributed by atoms with van der Waals surface area (Å²) in [4.78, 5) is 25.4. The number of aryl methyl sites for hydroxylation is 1. The predicted octanol–water partition coefficient (Wildman–Crippen LogP) is 2.66. The zero-order chi connectivity index (χ0) is 21.9. The Hall–Kier alpha value is -2.80. The van der Waals surface area contributed by atoms with Gasteiger partial charge in [0.15, 0.2) is 0 Å². The van der Waals surface area contributed by atoms with Crippen LogP contribution in [-0.4, -0.2) is 28.4 Å². The Morgan fingerprint density at radius 2 is 2.10 bits per heavy atom. The van der Waals surface area contributed by atoms with E-state index in [-0.39, 0.29) is 5.75 Å². The van der Waals surface area contributed by atoms with E-state index >= 15 is 0 Å². The number of nitrogens with zero attached hydrogens (tertiary/aromatic N) is 1. The number of rotatable bonds is 6. The summed E-state index contributed by atoms with van der Waals surface area (Å²) in [5.41, 5.74) is 5.40. The highest BCUT2D eigenvalue weighted by atomic mass is 32.2. The molecular weight excluding hydrogens is 420 g/mol. The average Bonchev–Trinajstić information content (AvgIpc) is 3.21. The Morgan fingerprint density at radius 3 is 2.70 bits per heavy atom. The number of hydrogen-bond donors (Lipinski definition) is 4. The fourth-order valence-electron chi connectivity index (χ4n) is 3.49. The van der Waals surface area contributed by atoms with Gasteiger partial charge in [0.2, 0.25) is 11.8 Å². The zero-order valence-corrected chi connectivity index (χ0v) is 18.1. The van der Waals surface area contributed by atoms with Crippen molar-refractivity contribution in [3.05, 3.63) is 62.8 Å². The van der Waals surface area contributed by atoms with E-state index < -0.39 is 29.4 Å². The molecule has 3 rings (SSSR count). The molecule has 0 bridgehead atoms. The molecule has 0 radical (unpaired) electrons. The Labute approximate surface area is 183 Å². The van der Waals surface area contributed by atoms with Gasteiger partial charge in [-0.25, -0.2) is 0 Å². The van der Waals surface area contributed by atoms with Crippen molar-refractivity contribution < 1.29 is 14.7 Å². The normalized spacial score (nSPS) is 23.4. The minimum Gasteiger partial charge on any atom is -0.370 e. The number of primary amides is 1. The number of nitrogens with one attached hydrogen (secondary N) is 2. The highest BCUT2D eigenvalue weighted by Crippen LogP contribution is 2.46. The molecule has 0 saturated heterocycles. The average molecular weight is 443 g/mol. The summed E-state index contributed by atoms with van der Waals surface area (Å²) in [6.07, 6.45) is 0. The molecule has 7 nitrogen and oxygen atoms in total. The fourth-order valence-corrected chi connectivity index (χ4v) is 5.26. The van der Waals surface area contributed by atoms with E-state index in [1.54, 1.807) is 6.07 Å². The number of allylic oxidation sites excluding steroid dienone is 1. The van der Waals surface area contributed by atoms with Crippen molar-refractivity contribution in [1.82, 2.24) is 5.32 Å². The quantitative estimate of drug-likeness (QED) is 0.544. The summed E-state index contributed by atoms with van der Waals surface area (Å²) in [6, 6.07) is 13.2. The lowest BCUT2D eigenvalue weighted by Gasteiger charge is -2.43. The van der Waals surface area contributed by atoms with E-state index in [4.69, 9.17) is 5.73 Å². The van der Waals surface area contributed by atoms with Gasteiger partial charge in [-0.15, -0.1) is 11.3 Å². The third-order valence-electron chi connectivity index (χ3n) is 4.88. The number of thioether (sulfide) groups is 1. The molecule has 1 aromatic heterocycles. The van der Waals surface area contributed by atoms with E-state index in [2.05, 4.69) is 16.7 Å².